The summed E-state index contributed by atoms with van der Waals surface area (Å²) in [5.41, 5.74) is -8.04. The smallest absolute Gasteiger partial charge is 0.254 e. The molecule has 0 aromatic carbocycles. The first-order chi connectivity index (χ1) is 10.9. The topological polar surface area (TPSA) is 60.4 Å². The Kier molecular flexibility index (Phi) is 5.73. The summed E-state index contributed by atoms with van der Waals surface area (Å²) in [4.78, 5) is 9.69. The molecule has 1 unspecified atom stereocenters. The van der Waals surface area contributed by atoms with E-state index in [1.54, 1.807) is 0 Å². The summed E-state index contributed by atoms with van der Waals surface area (Å²) in [5, 5.41) is -7.44. The van der Waals surface area contributed by atoms with Crippen LogP contribution in [0.2, 0.25) is 0 Å². The van der Waals surface area contributed by atoms with Gasteiger partial charge in [-0.15, -0.1) is 0 Å². The summed E-state index contributed by atoms with van der Waals surface area (Å²) >= 11 is 0. The van der Waals surface area contributed by atoms with Gasteiger partial charge in [-0.3, -0.25) is 4.79 Å². The summed E-state index contributed by atoms with van der Waals surface area (Å²) < 4.78 is 196. The number of hydrogen-bond acceptors (Lipinski definition) is 4. The van der Waals surface area contributed by atoms with Crippen molar-refractivity contribution in [1.82, 2.24) is 0 Å². The minimum absolute atomic E-state index is 1.22. The Morgan fingerprint density at radius 3 is 1.31 bits per heavy atom. The molecule has 0 aromatic rings. The van der Waals surface area contributed by atoms with Crippen molar-refractivity contribution >= 4 is 16.3 Å². The SMILES string of the molecule is O=C(F)C(F)(F)C(F)(C(F)(F)F)C(F)(F)OC(F)(F)C(F)(F)S(=O)(=O)F. The van der Waals surface area contributed by atoms with Crippen molar-refractivity contribution in [2.24, 2.45) is 0 Å². The molecular formula is C7F14O4S. The third-order valence-electron chi connectivity index (χ3n) is 2.37. The van der Waals surface area contributed by atoms with Gasteiger partial charge in [0.2, 0.25) is 0 Å². The Bertz CT molecular complexity index is 665. The monoisotopic (exact) mass is 446 g/mol. The van der Waals surface area contributed by atoms with Crippen molar-refractivity contribution in [3.05, 3.63) is 0 Å². The van der Waals surface area contributed by atoms with E-state index in [9.17, 15) is 74.2 Å². The Morgan fingerprint density at radius 1 is 0.731 bits per heavy atom. The zero-order valence-corrected chi connectivity index (χ0v) is 11.6. The molecule has 0 spiro atoms. The lowest BCUT2D eigenvalue weighted by Crippen LogP contribution is -2.70. The van der Waals surface area contributed by atoms with Crippen molar-refractivity contribution in [2.75, 3.05) is 0 Å². The van der Waals surface area contributed by atoms with E-state index in [0.29, 0.717) is 0 Å². The van der Waals surface area contributed by atoms with Gasteiger partial charge in [0.1, 0.15) is 0 Å². The maximum atomic E-state index is 13.3. The van der Waals surface area contributed by atoms with Crippen molar-refractivity contribution in [3.63, 3.8) is 0 Å². The number of hydrogen-bond donors (Lipinski definition) is 0. The molecule has 0 radical (unpaired) electrons. The van der Waals surface area contributed by atoms with E-state index >= 15 is 0 Å². The number of carbonyl (C=O) groups excluding carboxylic acids is 1. The van der Waals surface area contributed by atoms with Crippen LogP contribution in [0.1, 0.15) is 0 Å². The molecule has 26 heavy (non-hydrogen) atoms. The number of carbonyl (C=O) groups is 1. The minimum atomic E-state index is -8.04. The van der Waals surface area contributed by atoms with Crippen LogP contribution in [0.5, 0.6) is 0 Å². The van der Waals surface area contributed by atoms with Gasteiger partial charge in [0.15, 0.2) is 0 Å². The standard InChI is InChI=1S/C7F14O4S/c8-1(22)2(9,10)3(11,4(12,13)14)5(15,16)25-6(17,18)7(19,20)26(21,23)24. The molecule has 19 heteroatoms. The second kappa shape index (κ2) is 6.06. The van der Waals surface area contributed by atoms with E-state index in [1.807, 2.05) is 0 Å². The molecular weight excluding hydrogens is 446 g/mol. The molecule has 0 fully saturated rings. The molecule has 0 heterocycles. The molecule has 0 aromatic heterocycles. The second-order valence-corrected chi connectivity index (χ2v) is 5.48. The van der Waals surface area contributed by atoms with Crippen molar-refractivity contribution < 1.29 is 78.9 Å². The second-order valence-electron chi connectivity index (χ2n) is 4.09. The first-order valence-electron chi connectivity index (χ1n) is 5.01. The quantitative estimate of drug-likeness (QED) is 0.444. The predicted octanol–water partition coefficient (Wildman–Crippen LogP) is 3.48. The lowest BCUT2D eigenvalue weighted by molar-refractivity contribution is -0.483. The lowest BCUT2D eigenvalue weighted by Gasteiger charge is -2.38. The summed E-state index contributed by atoms with van der Waals surface area (Å²) in [7, 11) is -7.94. The van der Waals surface area contributed by atoms with Crippen LogP contribution in [-0.4, -0.2) is 49.7 Å². The summed E-state index contributed by atoms with van der Waals surface area (Å²) in [5.74, 6) is -7.55. The third-order valence-corrected chi connectivity index (χ3v) is 3.22. The van der Waals surface area contributed by atoms with E-state index in [4.69, 9.17) is 0 Å². The van der Waals surface area contributed by atoms with Gasteiger partial charge in [-0.1, -0.05) is 3.89 Å². The van der Waals surface area contributed by atoms with Crippen LogP contribution in [0.3, 0.4) is 0 Å². The molecule has 0 bridgehead atoms. The predicted molar refractivity (Wildman–Crippen MR) is 46.9 cm³/mol. The van der Waals surface area contributed by atoms with Gasteiger partial charge in [-0.2, -0.15) is 61.1 Å². The first-order valence-corrected chi connectivity index (χ1v) is 6.39. The number of ether oxygens (including phenoxy) is 1. The minimum Gasteiger partial charge on any atom is -0.254 e. The first kappa shape index (κ1) is 24.6. The van der Waals surface area contributed by atoms with Crippen LogP contribution in [0.4, 0.5) is 61.0 Å². The van der Waals surface area contributed by atoms with Gasteiger partial charge in [0, 0.05) is 0 Å². The van der Waals surface area contributed by atoms with Crippen LogP contribution in [0.25, 0.3) is 0 Å². The highest BCUT2D eigenvalue weighted by molar-refractivity contribution is 7.87. The maximum Gasteiger partial charge on any atom is 0.464 e. The van der Waals surface area contributed by atoms with Gasteiger partial charge in [0.25, 0.3) is 0 Å². The number of halogens is 14. The largest absolute Gasteiger partial charge is 0.464 e. The highest BCUT2D eigenvalue weighted by Crippen LogP contribution is 2.57. The Labute approximate surface area is 131 Å². The van der Waals surface area contributed by atoms with Crippen molar-refractivity contribution in [1.29, 1.82) is 0 Å². The molecule has 0 N–H and O–H groups in total. The zero-order valence-electron chi connectivity index (χ0n) is 10.8. The van der Waals surface area contributed by atoms with E-state index in [1.165, 1.54) is 4.74 Å². The Hall–Kier alpha value is -1.40. The highest BCUT2D eigenvalue weighted by atomic mass is 32.3. The van der Waals surface area contributed by atoms with Crippen molar-refractivity contribution in [2.45, 2.75) is 35.2 Å². The van der Waals surface area contributed by atoms with E-state index in [2.05, 4.69) is 0 Å². The van der Waals surface area contributed by atoms with Crippen LogP contribution >= 0.6 is 0 Å². The normalized spacial score (nSPS) is 17.8. The van der Waals surface area contributed by atoms with Crippen molar-refractivity contribution in [3.8, 4) is 0 Å². The molecule has 0 saturated carbocycles. The molecule has 0 rings (SSSR count). The summed E-state index contributed by atoms with van der Waals surface area (Å²) in [6.07, 6.45) is -23.4. The van der Waals surface area contributed by atoms with Gasteiger partial charge >= 0.3 is 51.5 Å². The Morgan fingerprint density at radius 2 is 1.08 bits per heavy atom. The molecule has 0 aliphatic rings. The fourth-order valence-electron chi connectivity index (χ4n) is 1.09. The summed E-state index contributed by atoms with van der Waals surface area (Å²) in [6, 6.07) is -4.83. The lowest BCUT2D eigenvalue weighted by atomic mass is 9.95. The Balaban J connectivity index is 6.55. The molecule has 0 saturated heterocycles. The fourth-order valence-corrected chi connectivity index (χ4v) is 1.42. The zero-order chi connectivity index (χ0) is 21.8. The van der Waals surface area contributed by atoms with Crippen LogP contribution < -0.4 is 0 Å². The van der Waals surface area contributed by atoms with E-state index in [0.717, 1.165) is 0 Å². The highest BCUT2D eigenvalue weighted by Gasteiger charge is 2.89. The molecule has 1 atom stereocenters. The molecule has 4 nitrogen and oxygen atoms in total. The number of rotatable bonds is 7. The van der Waals surface area contributed by atoms with Crippen LogP contribution in [-0.2, 0) is 19.8 Å². The average Bonchev–Trinajstić information content (AvgIpc) is 2.32. The van der Waals surface area contributed by atoms with Crippen LogP contribution in [0.15, 0.2) is 0 Å². The third kappa shape index (κ3) is 3.41. The fraction of sp³-hybridized carbons (Fsp3) is 0.857. The number of alkyl halides is 12. The molecule has 156 valence electrons. The van der Waals surface area contributed by atoms with Gasteiger partial charge < -0.3 is 0 Å². The average molecular weight is 446 g/mol. The van der Waals surface area contributed by atoms with Gasteiger partial charge in [-0.25, -0.2) is 9.13 Å². The van der Waals surface area contributed by atoms with Gasteiger partial charge in [0.05, 0.1) is 0 Å². The maximum absolute atomic E-state index is 13.3. The summed E-state index contributed by atoms with van der Waals surface area (Å²) in [6.45, 7) is 0. The van der Waals surface area contributed by atoms with Crippen LogP contribution in [0, 0.1) is 0 Å². The van der Waals surface area contributed by atoms with E-state index < -0.39 is 51.5 Å². The van der Waals surface area contributed by atoms with E-state index in [-0.39, 0.29) is 0 Å². The molecule has 0 amide bonds. The molecule has 0 aliphatic carbocycles. The molecule has 0 aliphatic heterocycles. The van der Waals surface area contributed by atoms with Gasteiger partial charge in [-0.05, 0) is 0 Å².